The van der Waals surface area contributed by atoms with E-state index in [1.807, 2.05) is 30.3 Å². The lowest BCUT2D eigenvalue weighted by Gasteiger charge is -2.26. The summed E-state index contributed by atoms with van der Waals surface area (Å²) in [5.41, 5.74) is 0.780. The minimum absolute atomic E-state index is 0.0619. The van der Waals surface area contributed by atoms with Crippen LogP contribution in [-0.2, 0) is 6.61 Å². The molecule has 1 aliphatic rings. The monoisotopic (exact) mass is 286 g/mol. The maximum atomic E-state index is 12.4. The highest BCUT2D eigenvalue weighted by Gasteiger charge is 2.23. The van der Waals surface area contributed by atoms with Gasteiger partial charge in [0.1, 0.15) is 12.4 Å². The minimum atomic E-state index is -0.0619. The van der Waals surface area contributed by atoms with Gasteiger partial charge < -0.3 is 19.4 Å². The Morgan fingerprint density at radius 3 is 2.71 bits per heavy atom. The molecule has 1 aromatic heterocycles. The van der Waals surface area contributed by atoms with Crippen molar-refractivity contribution in [3.8, 4) is 5.75 Å². The first-order valence-electron chi connectivity index (χ1n) is 7.09. The third-order valence-corrected chi connectivity index (χ3v) is 3.48. The van der Waals surface area contributed by atoms with Crippen LogP contribution in [0.5, 0.6) is 5.75 Å². The van der Waals surface area contributed by atoms with Crippen LogP contribution in [0.1, 0.15) is 16.1 Å². The fraction of sp³-hybridized carbons (Fsp3) is 0.312. The van der Waals surface area contributed by atoms with E-state index in [-0.39, 0.29) is 5.91 Å². The van der Waals surface area contributed by atoms with Gasteiger partial charge in [-0.05, 0) is 18.2 Å². The number of furan rings is 1. The van der Waals surface area contributed by atoms with E-state index >= 15 is 0 Å². The van der Waals surface area contributed by atoms with Gasteiger partial charge >= 0.3 is 0 Å². The third-order valence-electron chi connectivity index (χ3n) is 3.48. The average Bonchev–Trinajstić information content (AvgIpc) is 3.02. The zero-order valence-corrected chi connectivity index (χ0v) is 11.7. The molecule has 0 aliphatic carbocycles. The molecule has 1 fully saturated rings. The number of hydrogen-bond acceptors (Lipinski definition) is 4. The van der Waals surface area contributed by atoms with Crippen LogP contribution in [-0.4, -0.2) is 37.0 Å². The molecule has 1 aromatic carbocycles. The van der Waals surface area contributed by atoms with Crippen molar-refractivity contribution in [2.45, 2.75) is 6.61 Å². The molecule has 1 amide bonds. The molecule has 0 spiro atoms. The standard InChI is InChI=1S/C16H18N2O3/c19-16(18-9-7-17-8-10-18)15-13(6-11-20-15)12-21-14-4-2-1-3-5-14/h1-6,11,17H,7-10,12H2. The second kappa shape index (κ2) is 6.45. The first-order valence-corrected chi connectivity index (χ1v) is 7.09. The summed E-state index contributed by atoms with van der Waals surface area (Å²) in [6.07, 6.45) is 1.54. The molecule has 2 heterocycles. The van der Waals surface area contributed by atoms with Crippen molar-refractivity contribution in [1.82, 2.24) is 10.2 Å². The quantitative estimate of drug-likeness (QED) is 0.932. The second-order valence-electron chi connectivity index (χ2n) is 4.92. The van der Waals surface area contributed by atoms with Crippen molar-refractivity contribution >= 4 is 5.91 Å². The van der Waals surface area contributed by atoms with Gasteiger partial charge in [0, 0.05) is 31.7 Å². The summed E-state index contributed by atoms with van der Waals surface area (Å²) in [5.74, 6) is 1.10. The van der Waals surface area contributed by atoms with E-state index in [1.165, 1.54) is 0 Å². The third kappa shape index (κ3) is 3.25. The lowest BCUT2D eigenvalue weighted by Crippen LogP contribution is -2.46. The van der Waals surface area contributed by atoms with Gasteiger partial charge in [0.05, 0.1) is 6.26 Å². The SMILES string of the molecule is O=C(c1occc1COc1ccccc1)N1CCNCC1. The number of benzene rings is 1. The van der Waals surface area contributed by atoms with Crippen molar-refractivity contribution in [2.24, 2.45) is 0 Å². The lowest BCUT2D eigenvalue weighted by atomic mass is 10.2. The highest BCUT2D eigenvalue weighted by molar-refractivity contribution is 5.93. The van der Waals surface area contributed by atoms with Crippen LogP contribution in [0.2, 0.25) is 0 Å². The van der Waals surface area contributed by atoms with Gasteiger partial charge in [0.2, 0.25) is 0 Å². The average molecular weight is 286 g/mol. The van der Waals surface area contributed by atoms with Crippen molar-refractivity contribution in [3.63, 3.8) is 0 Å². The summed E-state index contributed by atoms with van der Waals surface area (Å²) < 4.78 is 11.1. The van der Waals surface area contributed by atoms with Crippen molar-refractivity contribution in [1.29, 1.82) is 0 Å². The van der Waals surface area contributed by atoms with Gasteiger partial charge in [0.15, 0.2) is 5.76 Å². The number of carbonyl (C=O) groups is 1. The Morgan fingerprint density at radius 1 is 1.19 bits per heavy atom. The number of piperazine rings is 1. The Hall–Kier alpha value is -2.27. The van der Waals surface area contributed by atoms with E-state index in [1.54, 1.807) is 17.2 Å². The Balaban J connectivity index is 1.67. The highest BCUT2D eigenvalue weighted by atomic mass is 16.5. The molecule has 0 saturated carbocycles. The van der Waals surface area contributed by atoms with Crippen LogP contribution in [0.4, 0.5) is 0 Å². The summed E-state index contributed by atoms with van der Waals surface area (Å²) in [7, 11) is 0. The second-order valence-corrected chi connectivity index (χ2v) is 4.92. The largest absolute Gasteiger partial charge is 0.489 e. The number of nitrogens with one attached hydrogen (secondary N) is 1. The lowest BCUT2D eigenvalue weighted by molar-refractivity contribution is 0.0700. The molecule has 5 heteroatoms. The van der Waals surface area contributed by atoms with E-state index in [4.69, 9.17) is 9.15 Å². The number of amides is 1. The van der Waals surface area contributed by atoms with Gasteiger partial charge in [-0.15, -0.1) is 0 Å². The molecule has 0 radical (unpaired) electrons. The summed E-state index contributed by atoms with van der Waals surface area (Å²) in [6.45, 7) is 3.38. The molecule has 1 N–H and O–H groups in total. The maximum Gasteiger partial charge on any atom is 0.290 e. The molecular weight excluding hydrogens is 268 g/mol. The molecular formula is C16H18N2O3. The molecule has 2 aromatic rings. The van der Waals surface area contributed by atoms with E-state index in [0.717, 1.165) is 24.4 Å². The Kier molecular flexibility index (Phi) is 4.21. The Morgan fingerprint density at radius 2 is 1.95 bits per heavy atom. The van der Waals surface area contributed by atoms with Gasteiger partial charge in [-0.1, -0.05) is 18.2 Å². The Bertz CT molecular complexity index is 589. The van der Waals surface area contributed by atoms with Crippen LogP contribution in [0.15, 0.2) is 47.1 Å². The van der Waals surface area contributed by atoms with Crippen molar-refractivity contribution in [3.05, 3.63) is 54.0 Å². The predicted molar refractivity (Wildman–Crippen MR) is 78.3 cm³/mol. The fourth-order valence-electron chi connectivity index (χ4n) is 2.33. The van der Waals surface area contributed by atoms with Crippen LogP contribution < -0.4 is 10.1 Å². The number of nitrogens with zero attached hydrogens (tertiary/aromatic N) is 1. The van der Waals surface area contributed by atoms with Gasteiger partial charge in [-0.25, -0.2) is 0 Å². The van der Waals surface area contributed by atoms with Crippen molar-refractivity contribution < 1.29 is 13.9 Å². The Labute approximate surface area is 123 Å². The molecule has 0 atom stereocenters. The van der Waals surface area contributed by atoms with E-state index in [0.29, 0.717) is 25.5 Å². The summed E-state index contributed by atoms with van der Waals surface area (Å²) >= 11 is 0. The molecule has 1 aliphatic heterocycles. The number of carbonyl (C=O) groups excluding carboxylic acids is 1. The predicted octanol–water partition coefficient (Wildman–Crippen LogP) is 1.90. The van der Waals surface area contributed by atoms with Crippen LogP contribution in [0.25, 0.3) is 0 Å². The molecule has 0 bridgehead atoms. The number of ether oxygens (including phenoxy) is 1. The number of para-hydroxylation sites is 1. The van der Waals surface area contributed by atoms with E-state index in [9.17, 15) is 4.79 Å². The molecule has 0 unspecified atom stereocenters. The first kappa shape index (κ1) is 13.7. The molecule has 21 heavy (non-hydrogen) atoms. The zero-order chi connectivity index (χ0) is 14.5. The topological polar surface area (TPSA) is 54.7 Å². The number of hydrogen-bond donors (Lipinski definition) is 1. The number of rotatable bonds is 4. The summed E-state index contributed by atoms with van der Waals surface area (Å²) in [4.78, 5) is 14.2. The maximum absolute atomic E-state index is 12.4. The van der Waals surface area contributed by atoms with E-state index < -0.39 is 0 Å². The summed E-state index contributed by atoms with van der Waals surface area (Å²) in [5, 5.41) is 3.23. The van der Waals surface area contributed by atoms with Gasteiger partial charge in [-0.2, -0.15) is 0 Å². The van der Waals surface area contributed by atoms with Gasteiger partial charge in [0.25, 0.3) is 5.91 Å². The molecule has 5 nitrogen and oxygen atoms in total. The minimum Gasteiger partial charge on any atom is -0.489 e. The van der Waals surface area contributed by atoms with E-state index in [2.05, 4.69) is 5.32 Å². The summed E-state index contributed by atoms with van der Waals surface area (Å²) in [6, 6.07) is 11.3. The van der Waals surface area contributed by atoms with Crippen LogP contribution in [0, 0.1) is 0 Å². The smallest absolute Gasteiger partial charge is 0.290 e. The normalized spacial score (nSPS) is 15.0. The van der Waals surface area contributed by atoms with Crippen molar-refractivity contribution in [2.75, 3.05) is 26.2 Å². The highest BCUT2D eigenvalue weighted by Crippen LogP contribution is 2.17. The molecule has 1 saturated heterocycles. The first-order chi connectivity index (χ1) is 10.3. The molecule has 110 valence electrons. The zero-order valence-electron chi connectivity index (χ0n) is 11.7. The fourth-order valence-corrected chi connectivity index (χ4v) is 2.33. The van der Waals surface area contributed by atoms with Crippen LogP contribution >= 0.6 is 0 Å². The van der Waals surface area contributed by atoms with Gasteiger partial charge in [-0.3, -0.25) is 4.79 Å². The van der Waals surface area contributed by atoms with Crippen LogP contribution in [0.3, 0.4) is 0 Å². The molecule has 3 rings (SSSR count).